The van der Waals surface area contributed by atoms with Gasteiger partial charge in [-0.2, -0.15) is 4.98 Å². The van der Waals surface area contributed by atoms with Crippen LogP contribution in [0.3, 0.4) is 0 Å². The number of anilines is 2. The summed E-state index contributed by atoms with van der Waals surface area (Å²) in [7, 11) is 0. The predicted molar refractivity (Wildman–Crippen MR) is 112 cm³/mol. The molecule has 0 saturated heterocycles. The van der Waals surface area contributed by atoms with E-state index >= 15 is 0 Å². The summed E-state index contributed by atoms with van der Waals surface area (Å²) in [4.78, 5) is 9.33. The fraction of sp³-hybridized carbons (Fsp3) is 0.238. The molecule has 0 aliphatic heterocycles. The fourth-order valence-electron chi connectivity index (χ4n) is 2.52. The first-order chi connectivity index (χ1) is 12.6. The number of aromatic nitrogens is 2. The van der Waals surface area contributed by atoms with Gasteiger partial charge in [-0.1, -0.05) is 65.3 Å². The van der Waals surface area contributed by atoms with E-state index in [-0.39, 0.29) is 0 Å². The van der Waals surface area contributed by atoms with E-state index in [2.05, 4.69) is 69.7 Å². The average molecular weight is 411 g/mol. The van der Waals surface area contributed by atoms with Crippen molar-refractivity contribution in [2.75, 3.05) is 10.6 Å². The minimum atomic E-state index is 0.318. The van der Waals surface area contributed by atoms with Crippen LogP contribution >= 0.6 is 15.9 Å². The molecule has 134 valence electrons. The third-order valence-electron chi connectivity index (χ3n) is 4.15. The zero-order valence-corrected chi connectivity index (χ0v) is 16.6. The molecule has 0 saturated carbocycles. The summed E-state index contributed by atoms with van der Waals surface area (Å²) in [5, 5.41) is 6.80. The zero-order chi connectivity index (χ0) is 18.4. The summed E-state index contributed by atoms with van der Waals surface area (Å²) in [6.45, 7) is 4.98. The van der Waals surface area contributed by atoms with Crippen LogP contribution in [-0.2, 0) is 6.54 Å². The Morgan fingerprint density at radius 2 is 1.81 bits per heavy atom. The van der Waals surface area contributed by atoms with Crippen molar-refractivity contribution in [3.8, 4) is 11.3 Å². The molecular formula is C21H23BrN4. The lowest BCUT2D eigenvalue weighted by atomic mass is 10.1. The number of nitrogens with one attached hydrogen (secondary N) is 2. The van der Waals surface area contributed by atoms with Crippen molar-refractivity contribution >= 4 is 27.7 Å². The van der Waals surface area contributed by atoms with Crippen LogP contribution < -0.4 is 10.6 Å². The first-order valence-corrected chi connectivity index (χ1v) is 9.62. The van der Waals surface area contributed by atoms with Gasteiger partial charge in [0.15, 0.2) is 0 Å². The van der Waals surface area contributed by atoms with Crippen molar-refractivity contribution in [1.82, 2.24) is 9.97 Å². The summed E-state index contributed by atoms with van der Waals surface area (Å²) in [6.07, 6.45) is 1.01. The number of hydrogen-bond donors (Lipinski definition) is 2. The molecule has 0 unspecified atom stereocenters. The Morgan fingerprint density at radius 1 is 1.00 bits per heavy atom. The second kappa shape index (κ2) is 8.81. The van der Waals surface area contributed by atoms with Gasteiger partial charge in [-0.15, -0.1) is 0 Å². The molecule has 0 amide bonds. The number of halogens is 1. The Hall–Kier alpha value is -2.40. The Kier molecular flexibility index (Phi) is 6.23. The van der Waals surface area contributed by atoms with Crippen molar-refractivity contribution < 1.29 is 0 Å². The Labute approximate surface area is 163 Å². The van der Waals surface area contributed by atoms with E-state index in [1.54, 1.807) is 0 Å². The normalized spacial score (nSPS) is 11.8. The molecule has 5 heteroatoms. The molecule has 0 aliphatic carbocycles. The maximum absolute atomic E-state index is 4.69. The molecule has 0 spiro atoms. The molecular weight excluding hydrogens is 388 g/mol. The smallest absolute Gasteiger partial charge is 0.225 e. The molecule has 0 aliphatic rings. The van der Waals surface area contributed by atoms with Crippen LogP contribution in [0.4, 0.5) is 11.8 Å². The molecule has 3 rings (SSSR count). The molecule has 1 aromatic heterocycles. The molecule has 2 aromatic carbocycles. The van der Waals surface area contributed by atoms with Crippen LogP contribution in [-0.4, -0.2) is 16.0 Å². The summed E-state index contributed by atoms with van der Waals surface area (Å²) in [5.41, 5.74) is 3.17. The first-order valence-electron chi connectivity index (χ1n) is 8.83. The first kappa shape index (κ1) is 18.4. The maximum Gasteiger partial charge on any atom is 0.225 e. The van der Waals surface area contributed by atoms with Gasteiger partial charge in [-0.3, -0.25) is 0 Å². The molecule has 0 radical (unpaired) electrons. The average Bonchev–Trinajstić information content (AvgIpc) is 2.67. The highest BCUT2D eigenvalue weighted by Gasteiger charge is 2.09. The number of rotatable bonds is 7. The highest BCUT2D eigenvalue weighted by molar-refractivity contribution is 9.10. The van der Waals surface area contributed by atoms with Gasteiger partial charge in [0, 0.05) is 28.7 Å². The summed E-state index contributed by atoms with van der Waals surface area (Å²) < 4.78 is 1.07. The zero-order valence-electron chi connectivity index (χ0n) is 15.0. The van der Waals surface area contributed by atoms with Gasteiger partial charge in [0.1, 0.15) is 5.82 Å². The lowest BCUT2D eigenvalue weighted by molar-refractivity contribution is 0.753. The molecule has 0 fully saturated rings. The van der Waals surface area contributed by atoms with E-state index in [0.29, 0.717) is 18.5 Å². The monoisotopic (exact) mass is 410 g/mol. The van der Waals surface area contributed by atoms with E-state index in [1.807, 2.05) is 36.4 Å². The van der Waals surface area contributed by atoms with Gasteiger partial charge in [0.05, 0.1) is 5.69 Å². The SMILES string of the molecule is CC[C@@H](C)Nc1nc(NCc2cccc(Br)c2)cc(-c2ccccc2)n1. The highest BCUT2D eigenvalue weighted by Crippen LogP contribution is 2.22. The van der Waals surface area contributed by atoms with Crippen LogP contribution in [0.2, 0.25) is 0 Å². The Bertz CT molecular complexity index is 852. The van der Waals surface area contributed by atoms with Crippen molar-refractivity contribution in [3.05, 3.63) is 70.7 Å². The van der Waals surface area contributed by atoms with Crippen molar-refractivity contribution in [3.63, 3.8) is 0 Å². The number of hydrogen-bond acceptors (Lipinski definition) is 4. The van der Waals surface area contributed by atoms with E-state index < -0.39 is 0 Å². The Morgan fingerprint density at radius 3 is 2.54 bits per heavy atom. The summed E-state index contributed by atoms with van der Waals surface area (Å²) >= 11 is 3.51. The summed E-state index contributed by atoms with van der Waals surface area (Å²) in [6, 6.07) is 20.7. The topological polar surface area (TPSA) is 49.8 Å². The highest BCUT2D eigenvalue weighted by atomic mass is 79.9. The van der Waals surface area contributed by atoms with Crippen LogP contribution in [0, 0.1) is 0 Å². The van der Waals surface area contributed by atoms with Crippen molar-refractivity contribution in [2.45, 2.75) is 32.9 Å². The van der Waals surface area contributed by atoms with E-state index in [4.69, 9.17) is 4.98 Å². The molecule has 3 aromatic rings. The van der Waals surface area contributed by atoms with Crippen molar-refractivity contribution in [1.29, 1.82) is 0 Å². The molecule has 4 nitrogen and oxygen atoms in total. The minimum absolute atomic E-state index is 0.318. The van der Waals surface area contributed by atoms with Gasteiger partial charge in [0.2, 0.25) is 5.95 Å². The molecule has 2 N–H and O–H groups in total. The van der Waals surface area contributed by atoms with E-state index in [9.17, 15) is 0 Å². The second-order valence-electron chi connectivity index (χ2n) is 6.27. The van der Waals surface area contributed by atoms with Gasteiger partial charge in [-0.25, -0.2) is 4.98 Å². The maximum atomic E-state index is 4.69. The van der Waals surface area contributed by atoms with Crippen LogP contribution in [0.5, 0.6) is 0 Å². The van der Waals surface area contributed by atoms with Crippen molar-refractivity contribution in [2.24, 2.45) is 0 Å². The fourth-order valence-corrected chi connectivity index (χ4v) is 2.97. The Balaban J connectivity index is 1.86. The number of benzene rings is 2. The second-order valence-corrected chi connectivity index (χ2v) is 7.18. The molecule has 1 heterocycles. The number of nitrogens with zero attached hydrogens (tertiary/aromatic N) is 2. The van der Waals surface area contributed by atoms with Crippen LogP contribution in [0.15, 0.2) is 65.1 Å². The molecule has 1 atom stereocenters. The predicted octanol–water partition coefficient (Wildman–Crippen LogP) is 5.73. The van der Waals surface area contributed by atoms with Crippen LogP contribution in [0.25, 0.3) is 11.3 Å². The molecule has 0 bridgehead atoms. The molecule has 26 heavy (non-hydrogen) atoms. The van der Waals surface area contributed by atoms with Gasteiger partial charge < -0.3 is 10.6 Å². The summed E-state index contributed by atoms with van der Waals surface area (Å²) in [5.74, 6) is 1.46. The van der Waals surface area contributed by atoms with Crippen LogP contribution in [0.1, 0.15) is 25.8 Å². The van der Waals surface area contributed by atoms with E-state index in [1.165, 1.54) is 5.56 Å². The lowest BCUT2D eigenvalue weighted by Crippen LogP contribution is -2.16. The minimum Gasteiger partial charge on any atom is -0.366 e. The lowest BCUT2D eigenvalue weighted by Gasteiger charge is -2.15. The largest absolute Gasteiger partial charge is 0.366 e. The van der Waals surface area contributed by atoms with E-state index in [0.717, 1.165) is 28.0 Å². The quantitative estimate of drug-likeness (QED) is 0.522. The third kappa shape index (κ3) is 5.05. The van der Waals surface area contributed by atoms with Gasteiger partial charge in [0.25, 0.3) is 0 Å². The third-order valence-corrected chi connectivity index (χ3v) is 4.64. The standard InChI is InChI=1S/C21H23BrN4/c1-3-15(2)24-21-25-19(17-9-5-4-6-10-17)13-20(26-21)23-14-16-8-7-11-18(22)12-16/h4-13,15H,3,14H2,1-2H3,(H2,23,24,25,26)/t15-/m1/s1. The van der Waals surface area contributed by atoms with Gasteiger partial charge >= 0.3 is 0 Å². The van der Waals surface area contributed by atoms with Gasteiger partial charge in [-0.05, 0) is 31.0 Å².